The Kier molecular flexibility index (Phi) is 3.16. The lowest BCUT2D eigenvalue weighted by Crippen LogP contribution is -2.39. The molecule has 0 spiro atoms. The maximum Gasteiger partial charge on any atom is 0.0726 e. The monoisotopic (exact) mass is 141 g/mol. The summed E-state index contributed by atoms with van der Waals surface area (Å²) in [6, 6.07) is 0. The standard InChI is InChI=1S/C8H17N2/c1-2-8(9)10-6-4-3-5-7-10/h8-9H,2-7H2,1H3. The average Bonchev–Trinajstić information content (AvgIpc) is 2.05. The maximum atomic E-state index is 7.64. The molecule has 10 heavy (non-hydrogen) atoms. The van der Waals surface area contributed by atoms with E-state index in [1.165, 1.54) is 19.3 Å². The number of piperidine rings is 1. The highest BCUT2D eigenvalue weighted by atomic mass is 15.2. The van der Waals surface area contributed by atoms with Crippen LogP contribution in [0.3, 0.4) is 0 Å². The zero-order valence-electron chi connectivity index (χ0n) is 6.77. The minimum absolute atomic E-state index is 0.0697. The van der Waals surface area contributed by atoms with E-state index in [-0.39, 0.29) is 6.17 Å². The van der Waals surface area contributed by atoms with Gasteiger partial charge in [-0.15, -0.1) is 0 Å². The summed E-state index contributed by atoms with van der Waals surface area (Å²) < 4.78 is 0. The van der Waals surface area contributed by atoms with Gasteiger partial charge in [0.25, 0.3) is 0 Å². The molecule has 1 heterocycles. The molecule has 1 aliphatic heterocycles. The maximum absolute atomic E-state index is 7.64. The van der Waals surface area contributed by atoms with Gasteiger partial charge in [-0.05, 0) is 32.4 Å². The molecule has 0 aliphatic carbocycles. The van der Waals surface area contributed by atoms with Crippen LogP contribution in [0, 0.1) is 0 Å². The van der Waals surface area contributed by atoms with Crippen LogP contribution in [-0.4, -0.2) is 24.2 Å². The van der Waals surface area contributed by atoms with Gasteiger partial charge < -0.3 is 0 Å². The van der Waals surface area contributed by atoms with Crippen molar-refractivity contribution >= 4 is 0 Å². The molecule has 1 N–H and O–H groups in total. The van der Waals surface area contributed by atoms with Gasteiger partial charge in [0.2, 0.25) is 0 Å². The quantitative estimate of drug-likeness (QED) is 0.572. The molecule has 0 saturated carbocycles. The van der Waals surface area contributed by atoms with E-state index >= 15 is 0 Å². The Balaban J connectivity index is 2.24. The van der Waals surface area contributed by atoms with Crippen LogP contribution in [0.2, 0.25) is 0 Å². The molecular formula is C8H17N2. The Hall–Kier alpha value is -0.0800. The van der Waals surface area contributed by atoms with E-state index < -0.39 is 0 Å². The number of likely N-dealkylation sites (tertiary alicyclic amines) is 1. The molecule has 1 atom stereocenters. The van der Waals surface area contributed by atoms with Crippen LogP contribution < -0.4 is 5.73 Å². The molecule has 1 fully saturated rings. The molecule has 1 radical (unpaired) electrons. The smallest absolute Gasteiger partial charge is 0.0726 e. The van der Waals surface area contributed by atoms with Crippen molar-refractivity contribution in [3.63, 3.8) is 0 Å². The third-order valence-corrected chi connectivity index (χ3v) is 2.22. The fourth-order valence-corrected chi connectivity index (χ4v) is 1.49. The first-order chi connectivity index (χ1) is 4.84. The second kappa shape index (κ2) is 3.94. The Labute approximate surface area is 63.4 Å². The summed E-state index contributed by atoms with van der Waals surface area (Å²) in [6.45, 7) is 4.40. The van der Waals surface area contributed by atoms with Crippen molar-refractivity contribution in [1.29, 1.82) is 0 Å². The molecule has 1 aliphatic rings. The Morgan fingerprint density at radius 1 is 1.30 bits per heavy atom. The molecule has 59 valence electrons. The van der Waals surface area contributed by atoms with E-state index in [0.29, 0.717) is 0 Å². The number of rotatable bonds is 2. The highest BCUT2D eigenvalue weighted by Crippen LogP contribution is 2.11. The lowest BCUT2D eigenvalue weighted by atomic mass is 10.1. The highest BCUT2D eigenvalue weighted by molar-refractivity contribution is 4.68. The molecule has 1 rings (SSSR count). The van der Waals surface area contributed by atoms with Gasteiger partial charge in [0, 0.05) is 0 Å². The second-order valence-corrected chi connectivity index (χ2v) is 3.02. The van der Waals surface area contributed by atoms with Gasteiger partial charge >= 0.3 is 0 Å². The fourth-order valence-electron chi connectivity index (χ4n) is 1.49. The highest BCUT2D eigenvalue weighted by Gasteiger charge is 2.14. The zero-order chi connectivity index (χ0) is 7.40. The van der Waals surface area contributed by atoms with Crippen LogP contribution in [0.5, 0.6) is 0 Å². The van der Waals surface area contributed by atoms with Crippen LogP contribution in [0.1, 0.15) is 32.6 Å². The van der Waals surface area contributed by atoms with Gasteiger partial charge in [0.15, 0.2) is 0 Å². The minimum Gasteiger partial charge on any atom is -0.287 e. The van der Waals surface area contributed by atoms with Gasteiger partial charge in [-0.25, -0.2) is 5.73 Å². The average molecular weight is 141 g/mol. The van der Waals surface area contributed by atoms with Crippen molar-refractivity contribution in [3.8, 4) is 0 Å². The van der Waals surface area contributed by atoms with E-state index in [0.717, 1.165) is 19.5 Å². The van der Waals surface area contributed by atoms with Gasteiger partial charge in [0.05, 0.1) is 6.17 Å². The molecule has 0 aromatic carbocycles. The lowest BCUT2D eigenvalue weighted by molar-refractivity contribution is 0.157. The van der Waals surface area contributed by atoms with Crippen LogP contribution in [-0.2, 0) is 0 Å². The number of nitrogens with zero attached hydrogens (tertiary/aromatic N) is 1. The zero-order valence-corrected chi connectivity index (χ0v) is 6.77. The summed E-state index contributed by atoms with van der Waals surface area (Å²) in [4.78, 5) is 2.28. The fraction of sp³-hybridized carbons (Fsp3) is 1.00. The molecule has 1 unspecified atom stereocenters. The van der Waals surface area contributed by atoms with E-state index in [1.807, 2.05) is 0 Å². The molecule has 2 heteroatoms. The summed E-state index contributed by atoms with van der Waals surface area (Å²) in [5.74, 6) is 0. The molecule has 2 nitrogen and oxygen atoms in total. The number of hydrogen-bond donors (Lipinski definition) is 0. The topological polar surface area (TPSA) is 27.0 Å². The normalized spacial score (nSPS) is 24.6. The molecular weight excluding hydrogens is 124 g/mol. The first-order valence-corrected chi connectivity index (χ1v) is 4.29. The van der Waals surface area contributed by atoms with Crippen molar-refractivity contribution < 1.29 is 0 Å². The first-order valence-electron chi connectivity index (χ1n) is 4.29. The van der Waals surface area contributed by atoms with E-state index in [2.05, 4.69) is 11.8 Å². The Bertz CT molecular complexity index is 87.3. The molecule has 0 aromatic rings. The van der Waals surface area contributed by atoms with Crippen LogP contribution in [0.15, 0.2) is 0 Å². The van der Waals surface area contributed by atoms with Crippen molar-refractivity contribution in [2.24, 2.45) is 0 Å². The summed E-state index contributed by atoms with van der Waals surface area (Å²) in [5.41, 5.74) is 7.64. The van der Waals surface area contributed by atoms with Crippen LogP contribution in [0.25, 0.3) is 0 Å². The summed E-state index contributed by atoms with van der Waals surface area (Å²) in [7, 11) is 0. The van der Waals surface area contributed by atoms with Crippen LogP contribution in [0.4, 0.5) is 0 Å². The third kappa shape index (κ3) is 1.96. The largest absolute Gasteiger partial charge is 0.287 e. The predicted octanol–water partition coefficient (Wildman–Crippen LogP) is 1.49. The Morgan fingerprint density at radius 2 is 1.90 bits per heavy atom. The van der Waals surface area contributed by atoms with Gasteiger partial charge in [0.1, 0.15) is 0 Å². The van der Waals surface area contributed by atoms with E-state index in [1.54, 1.807) is 0 Å². The van der Waals surface area contributed by atoms with Gasteiger partial charge in [-0.2, -0.15) is 0 Å². The molecule has 0 aromatic heterocycles. The third-order valence-electron chi connectivity index (χ3n) is 2.22. The Morgan fingerprint density at radius 3 is 2.40 bits per heavy atom. The second-order valence-electron chi connectivity index (χ2n) is 3.02. The van der Waals surface area contributed by atoms with E-state index in [9.17, 15) is 0 Å². The molecule has 0 bridgehead atoms. The summed E-state index contributed by atoms with van der Waals surface area (Å²) in [6.07, 6.45) is 5.01. The van der Waals surface area contributed by atoms with Gasteiger partial charge in [-0.1, -0.05) is 13.3 Å². The van der Waals surface area contributed by atoms with E-state index in [4.69, 9.17) is 5.73 Å². The SMILES string of the molecule is CCC([NH])N1CCCCC1. The lowest BCUT2D eigenvalue weighted by Gasteiger charge is -2.30. The van der Waals surface area contributed by atoms with Crippen molar-refractivity contribution in [3.05, 3.63) is 0 Å². The van der Waals surface area contributed by atoms with Crippen molar-refractivity contribution in [1.82, 2.24) is 10.6 Å². The number of hydrogen-bond acceptors (Lipinski definition) is 1. The van der Waals surface area contributed by atoms with Crippen molar-refractivity contribution in [2.45, 2.75) is 38.8 Å². The molecule has 1 saturated heterocycles. The minimum atomic E-state index is 0.0697. The molecule has 0 amide bonds. The number of nitrogens with one attached hydrogen (secondary N) is 1. The van der Waals surface area contributed by atoms with Gasteiger partial charge in [-0.3, -0.25) is 4.90 Å². The van der Waals surface area contributed by atoms with Crippen LogP contribution >= 0.6 is 0 Å². The first kappa shape index (κ1) is 8.02. The summed E-state index contributed by atoms with van der Waals surface area (Å²) >= 11 is 0. The summed E-state index contributed by atoms with van der Waals surface area (Å²) in [5, 5.41) is 0. The predicted molar refractivity (Wildman–Crippen MR) is 42.6 cm³/mol. The van der Waals surface area contributed by atoms with Crippen molar-refractivity contribution in [2.75, 3.05) is 13.1 Å².